The Labute approximate surface area is 141 Å². The van der Waals surface area contributed by atoms with Gasteiger partial charge in [0.05, 0.1) is 18.2 Å². The molecule has 0 unspecified atom stereocenters. The fraction of sp³-hybridized carbons (Fsp3) is 0.294. The Morgan fingerprint density at radius 1 is 1.28 bits per heavy atom. The van der Waals surface area contributed by atoms with Gasteiger partial charge in [-0.3, -0.25) is 4.79 Å². The molecule has 1 N–H and O–H groups in total. The SMILES string of the molecule is O=C(N[C@H]1CCOc2ccccc21)c1ccc(OCC(F)(F)F)nc1. The van der Waals surface area contributed by atoms with Gasteiger partial charge in [0.1, 0.15) is 5.75 Å². The molecule has 3 rings (SSSR count). The smallest absolute Gasteiger partial charge is 0.422 e. The molecule has 0 bridgehead atoms. The van der Waals surface area contributed by atoms with Crippen LogP contribution in [0.5, 0.6) is 11.6 Å². The first-order chi connectivity index (χ1) is 11.9. The summed E-state index contributed by atoms with van der Waals surface area (Å²) in [4.78, 5) is 16.1. The molecule has 0 aliphatic carbocycles. The van der Waals surface area contributed by atoms with Gasteiger partial charge in [0.2, 0.25) is 5.88 Å². The lowest BCUT2D eigenvalue weighted by Gasteiger charge is -2.26. The summed E-state index contributed by atoms with van der Waals surface area (Å²) in [5.41, 5.74) is 1.13. The Hall–Kier alpha value is -2.77. The first-order valence-corrected chi connectivity index (χ1v) is 7.60. The molecule has 1 aliphatic heterocycles. The third kappa shape index (κ3) is 4.40. The Bertz CT molecular complexity index is 748. The second-order valence-electron chi connectivity index (χ2n) is 5.49. The predicted octanol–water partition coefficient (Wildman–Crippen LogP) is 3.28. The van der Waals surface area contributed by atoms with Gasteiger partial charge in [-0.1, -0.05) is 18.2 Å². The van der Waals surface area contributed by atoms with E-state index in [2.05, 4.69) is 15.0 Å². The average molecular weight is 352 g/mol. The Balaban J connectivity index is 1.64. The molecule has 0 saturated carbocycles. The van der Waals surface area contributed by atoms with Crippen molar-refractivity contribution in [3.05, 3.63) is 53.7 Å². The first kappa shape index (κ1) is 17.1. The van der Waals surface area contributed by atoms with Crippen LogP contribution in [-0.2, 0) is 0 Å². The summed E-state index contributed by atoms with van der Waals surface area (Å²) in [6.07, 6.45) is -2.62. The quantitative estimate of drug-likeness (QED) is 0.917. The van der Waals surface area contributed by atoms with Crippen LogP contribution in [0.3, 0.4) is 0 Å². The number of hydrogen-bond acceptors (Lipinski definition) is 4. The highest BCUT2D eigenvalue weighted by atomic mass is 19.4. The number of hydrogen-bond donors (Lipinski definition) is 1. The Kier molecular flexibility index (Phi) is 4.78. The maximum atomic E-state index is 12.3. The van der Waals surface area contributed by atoms with Crippen molar-refractivity contribution in [3.63, 3.8) is 0 Å². The molecule has 2 heterocycles. The predicted molar refractivity (Wildman–Crippen MR) is 82.5 cm³/mol. The van der Waals surface area contributed by atoms with Crippen LogP contribution in [0.4, 0.5) is 13.2 Å². The number of pyridine rings is 1. The molecule has 2 aromatic rings. The van der Waals surface area contributed by atoms with Crippen molar-refractivity contribution in [1.29, 1.82) is 0 Å². The van der Waals surface area contributed by atoms with Gasteiger partial charge in [-0.25, -0.2) is 4.98 Å². The zero-order valence-electron chi connectivity index (χ0n) is 13.0. The number of aromatic nitrogens is 1. The van der Waals surface area contributed by atoms with E-state index in [9.17, 15) is 18.0 Å². The van der Waals surface area contributed by atoms with Gasteiger partial charge < -0.3 is 14.8 Å². The summed E-state index contributed by atoms with van der Waals surface area (Å²) in [6.45, 7) is -0.936. The van der Waals surface area contributed by atoms with E-state index in [0.717, 1.165) is 11.3 Å². The number of carbonyl (C=O) groups is 1. The molecule has 132 valence electrons. The van der Waals surface area contributed by atoms with E-state index in [1.807, 2.05) is 24.3 Å². The van der Waals surface area contributed by atoms with Crippen molar-refractivity contribution in [2.45, 2.75) is 18.6 Å². The molecule has 0 saturated heterocycles. The molecule has 0 fully saturated rings. The highest BCUT2D eigenvalue weighted by molar-refractivity contribution is 5.94. The van der Waals surface area contributed by atoms with Gasteiger partial charge in [-0.15, -0.1) is 0 Å². The summed E-state index contributed by atoms with van der Waals surface area (Å²) in [5.74, 6) is 0.176. The molecule has 0 radical (unpaired) electrons. The van der Waals surface area contributed by atoms with Crippen LogP contribution in [0.15, 0.2) is 42.6 Å². The molecule has 1 atom stereocenters. The standard InChI is InChI=1S/C17H15F3N2O3/c18-17(19,20)10-25-15-6-5-11(9-21-15)16(23)22-13-7-8-24-14-4-2-1-3-12(13)14/h1-6,9,13H,7-8,10H2,(H,22,23)/t13-/m0/s1. The van der Waals surface area contributed by atoms with Gasteiger partial charge in [0, 0.05) is 24.2 Å². The second-order valence-corrected chi connectivity index (χ2v) is 5.49. The molecular weight excluding hydrogens is 337 g/mol. The van der Waals surface area contributed by atoms with E-state index < -0.39 is 12.8 Å². The summed E-state index contributed by atoms with van der Waals surface area (Å²) in [6, 6.07) is 9.85. The number of nitrogens with one attached hydrogen (secondary N) is 1. The molecule has 1 aromatic carbocycles. The minimum absolute atomic E-state index is 0.190. The Morgan fingerprint density at radius 3 is 2.80 bits per heavy atom. The topological polar surface area (TPSA) is 60.5 Å². The van der Waals surface area contributed by atoms with Crippen molar-refractivity contribution in [1.82, 2.24) is 10.3 Å². The summed E-state index contributed by atoms with van der Waals surface area (Å²) in [7, 11) is 0. The van der Waals surface area contributed by atoms with E-state index >= 15 is 0 Å². The number of carbonyl (C=O) groups excluding carboxylic acids is 1. The van der Waals surface area contributed by atoms with Crippen molar-refractivity contribution in [3.8, 4) is 11.6 Å². The summed E-state index contributed by atoms with van der Waals surface area (Å²) in [5, 5.41) is 2.89. The lowest BCUT2D eigenvalue weighted by Crippen LogP contribution is -2.32. The van der Waals surface area contributed by atoms with Crippen LogP contribution in [0, 0.1) is 0 Å². The molecule has 1 aromatic heterocycles. The number of fused-ring (bicyclic) bond motifs is 1. The fourth-order valence-electron chi connectivity index (χ4n) is 2.49. The number of halogens is 3. The van der Waals surface area contributed by atoms with Gasteiger partial charge in [-0.05, 0) is 12.1 Å². The van der Waals surface area contributed by atoms with Crippen molar-refractivity contribution in [2.24, 2.45) is 0 Å². The number of alkyl halides is 3. The van der Waals surface area contributed by atoms with Crippen LogP contribution >= 0.6 is 0 Å². The van der Waals surface area contributed by atoms with Gasteiger partial charge in [0.25, 0.3) is 5.91 Å². The number of nitrogens with zero attached hydrogens (tertiary/aromatic N) is 1. The third-order valence-corrected chi connectivity index (χ3v) is 3.65. The summed E-state index contributed by atoms with van der Waals surface area (Å²) >= 11 is 0. The van der Waals surface area contributed by atoms with Crippen molar-refractivity contribution < 1.29 is 27.4 Å². The maximum Gasteiger partial charge on any atom is 0.422 e. The molecule has 5 nitrogen and oxygen atoms in total. The monoisotopic (exact) mass is 352 g/mol. The van der Waals surface area contributed by atoms with Crippen LogP contribution in [0.2, 0.25) is 0 Å². The van der Waals surface area contributed by atoms with Gasteiger partial charge in [0.15, 0.2) is 6.61 Å². The highest BCUT2D eigenvalue weighted by Gasteiger charge is 2.28. The minimum atomic E-state index is -4.44. The van der Waals surface area contributed by atoms with Crippen LogP contribution in [0.25, 0.3) is 0 Å². The van der Waals surface area contributed by atoms with Gasteiger partial charge >= 0.3 is 6.18 Å². The number of para-hydroxylation sites is 1. The van der Waals surface area contributed by atoms with Crippen LogP contribution < -0.4 is 14.8 Å². The lowest BCUT2D eigenvalue weighted by atomic mass is 10.0. The van der Waals surface area contributed by atoms with E-state index in [4.69, 9.17) is 4.74 Å². The number of benzene rings is 1. The number of amides is 1. The zero-order valence-corrected chi connectivity index (χ0v) is 13.0. The van der Waals surface area contributed by atoms with E-state index in [1.54, 1.807) is 0 Å². The third-order valence-electron chi connectivity index (χ3n) is 3.65. The average Bonchev–Trinajstić information content (AvgIpc) is 2.60. The molecular formula is C17H15F3N2O3. The minimum Gasteiger partial charge on any atom is -0.493 e. The first-order valence-electron chi connectivity index (χ1n) is 7.60. The molecule has 25 heavy (non-hydrogen) atoms. The lowest BCUT2D eigenvalue weighted by molar-refractivity contribution is -0.154. The molecule has 1 aliphatic rings. The van der Waals surface area contributed by atoms with E-state index in [1.165, 1.54) is 18.3 Å². The maximum absolute atomic E-state index is 12.3. The largest absolute Gasteiger partial charge is 0.493 e. The molecule has 1 amide bonds. The summed E-state index contributed by atoms with van der Waals surface area (Å²) < 4.78 is 46.4. The molecule has 0 spiro atoms. The Morgan fingerprint density at radius 2 is 2.08 bits per heavy atom. The second kappa shape index (κ2) is 7.00. The van der Waals surface area contributed by atoms with E-state index in [0.29, 0.717) is 13.0 Å². The van der Waals surface area contributed by atoms with Crippen LogP contribution in [0.1, 0.15) is 28.4 Å². The highest BCUT2D eigenvalue weighted by Crippen LogP contribution is 2.31. The number of rotatable bonds is 4. The van der Waals surface area contributed by atoms with Gasteiger partial charge in [-0.2, -0.15) is 13.2 Å². The van der Waals surface area contributed by atoms with Crippen molar-refractivity contribution in [2.75, 3.05) is 13.2 Å². The molecule has 8 heteroatoms. The number of ether oxygens (including phenoxy) is 2. The fourth-order valence-corrected chi connectivity index (χ4v) is 2.49. The zero-order chi connectivity index (χ0) is 17.9. The van der Waals surface area contributed by atoms with Crippen LogP contribution in [-0.4, -0.2) is 30.3 Å². The normalized spacial score (nSPS) is 16.5. The van der Waals surface area contributed by atoms with E-state index in [-0.39, 0.29) is 23.4 Å². The van der Waals surface area contributed by atoms with Crippen molar-refractivity contribution >= 4 is 5.91 Å².